The zero-order valence-corrected chi connectivity index (χ0v) is 19.1. The number of benzene rings is 2. The number of rotatable bonds is 6. The van der Waals surface area contributed by atoms with Crippen molar-refractivity contribution in [3.63, 3.8) is 0 Å². The van der Waals surface area contributed by atoms with Crippen molar-refractivity contribution in [2.45, 2.75) is 6.54 Å². The second kappa shape index (κ2) is 9.09. The number of ether oxygens (including phenoxy) is 1. The quantitative estimate of drug-likeness (QED) is 0.411. The van der Waals surface area contributed by atoms with Gasteiger partial charge in [0.15, 0.2) is 0 Å². The summed E-state index contributed by atoms with van der Waals surface area (Å²) in [5, 5.41) is 15.7. The van der Waals surface area contributed by atoms with E-state index in [1.165, 1.54) is 11.3 Å². The number of nitrogens with one attached hydrogen (secondary N) is 2. The number of hydrogen-bond acceptors (Lipinski definition) is 5. The Hall–Kier alpha value is -3.62. The molecule has 33 heavy (non-hydrogen) atoms. The number of nitrogens with zero attached hydrogens (tertiary/aromatic N) is 3. The predicted octanol–water partition coefficient (Wildman–Crippen LogP) is 4.96. The molecule has 1 aliphatic rings. The Bertz CT molecular complexity index is 1300. The highest BCUT2D eigenvalue weighted by atomic mass is 35.5. The molecule has 2 N–H and O–H groups in total. The first-order valence-corrected chi connectivity index (χ1v) is 11.5. The van der Waals surface area contributed by atoms with Crippen LogP contribution in [0.1, 0.15) is 15.2 Å². The van der Waals surface area contributed by atoms with Crippen LogP contribution in [-0.4, -0.2) is 34.9 Å². The van der Waals surface area contributed by atoms with Gasteiger partial charge in [-0.15, -0.1) is 11.3 Å². The molecular weight excluding hydrogens is 458 g/mol. The molecule has 1 aliphatic heterocycles. The highest BCUT2D eigenvalue weighted by molar-refractivity contribution is 7.18. The van der Waals surface area contributed by atoms with Crippen LogP contribution in [0.25, 0.3) is 16.9 Å². The average Bonchev–Trinajstić information content (AvgIpc) is 3.58. The number of amidine groups is 1. The lowest BCUT2D eigenvalue weighted by atomic mass is 10.1. The topological polar surface area (TPSA) is 83.2 Å². The molecule has 0 spiro atoms. The number of amides is 1. The molecular formula is C24H20ClN5O2S. The van der Waals surface area contributed by atoms with Crippen LogP contribution in [0, 0.1) is 5.41 Å². The van der Waals surface area contributed by atoms with Crippen LogP contribution in [-0.2, 0) is 11.3 Å². The number of carbonyl (C=O) groups is 1. The molecule has 5 rings (SSSR count). The first-order chi connectivity index (χ1) is 16.1. The summed E-state index contributed by atoms with van der Waals surface area (Å²) in [6.07, 6.45) is 1.93. The van der Waals surface area contributed by atoms with E-state index in [4.69, 9.17) is 26.8 Å². The number of thiophene rings is 1. The van der Waals surface area contributed by atoms with Crippen molar-refractivity contribution in [1.29, 1.82) is 5.41 Å². The summed E-state index contributed by atoms with van der Waals surface area (Å²) in [7, 11) is 0. The molecule has 2 aromatic carbocycles. The fourth-order valence-electron chi connectivity index (χ4n) is 3.65. The van der Waals surface area contributed by atoms with Gasteiger partial charge in [0.1, 0.15) is 6.61 Å². The van der Waals surface area contributed by atoms with E-state index in [9.17, 15) is 4.79 Å². The molecule has 0 bridgehead atoms. The third-order valence-electron chi connectivity index (χ3n) is 5.30. The third-order valence-corrected chi connectivity index (χ3v) is 6.53. The van der Waals surface area contributed by atoms with E-state index in [1.54, 1.807) is 16.8 Å². The number of aromatic nitrogens is 2. The third kappa shape index (κ3) is 4.48. The van der Waals surface area contributed by atoms with E-state index in [0.717, 1.165) is 28.2 Å². The van der Waals surface area contributed by atoms with Crippen molar-refractivity contribution >= 4 is 40.6 Å². The van der Waals surface area contributed by atoms with E-state index in [1.807, 2.05) is 65.7 Å². The van der Waals surface area contributed by atoms with Gasteiger partial charge in [-0.05, 0) is 36.4 Å². The molecule has 0 aliphatic carbocycles. The molecule has 1 amide bonds. The minimum Gasteiger partial charge on any atom is -0.463 e. The molecule has 0 radical (unpaired) electrons. The van der Waals surface area contributed by atoms with Gasteiger partial charge in [-0.1, -0.05) is 41.9 Å². The first kappa shape index (κ1) is 21.2. The Morgan fingerprint density at radius 2 is 1.85 bits per heavy atom. The van der Waals surface area contributed by atoms with Crippen LogP contribution in [0.5, 0.6) is 0 Å². The van der Waals surface area contributed by atoms with E-state index in [-0.39, 0.29) is 11.9 Å². The van der Waals surface area contributed by atoms with Gasteiger partial charge in [0.2, 0.25) is 0 Å². The Morgan fingerprint density at radius 3 is 2.52 bits per heavy atom. The lowest BCUT2D eigenvalue weighted by molar-refractivity contribution is 0.0955. The minimum absolute atomic E-state index is 0.165. The highest BCUT2D eigenvalue weighted by Gasteiger charge is 2.20. The lowest BCUT2D eigenvalue weighted by Crippen LogP contribution is -2.23. The molecule has 9 heteroatoms. The maximum absolute atomic E-state index is 12.5. The predicted molar refractivity (Wildman–Crippen MR) is 131 cm³/mol. The van der Waals surface area contributed by atoms with Gasteiger partial charge in [0.25, 0.3) is 11.9 Å². The Balaban J connectivity index is 1.42. The zero-order chi connectivity index (χ0) is 22.8. The van der Waals surface area contributed by atoms with Gasteiger partial charge < -0.3 is 10.1 Å². The van der Waals surface area contributed by atoms with Crippen LogP contribution in [0.15, 0.2) is 72.9 Å². The minimum atomic E-state index is -0.168. The van der Waals surface area contributed by atoms with Gasteiger partial charge in [0.05, 0.1) is 27.1 Å². The summed E-state index contributed by atoms with van der Waals surface area (Å²) in [5.74, 6) is -0.168. The summed E-state index contributed by atoms with van der Waals surface area (Å²) in [5.41, 5.74) is 4.46. The normalized spacial score (nSPS) is 13.2. The number of hydrogen-bond donors (Lipinski definition) is 2. The van der Waals surface area contributed by atoms with Crippen molar-refractivity contribution < 1.29 is 9.53 Å². The van der Waals surface area contributed by atoms with Gasteiger partial charge >= 0.3 is 0 Å². The number of anilines is 1. The van der Waals surface area contributed by atoms with Crippen molar-refractivity contribution in [2.24, 2.45) is 0 Å². The first-order valence-electron chi connectivity index (χ1n) is 10.4. The fraction of sp³-hybridized carbons (Fsp3) is 0.125. The average molecular weight is 478 g/mol. The summed E-state index contributed by atoms with van der Waals surface area (Å²) in [4.78, 5) is 14.9. The molecule has 3 heterocycles. The summed E-state index contributed by atoms with van der Waals surface area (Å²) in [6, 6.07) is 21.3. The molecule has 1 fully saturated rings. The summed E-state index contributed by atoms with van der Waals surface area (Å²) < 4.78 is 7.62. The maximum Gasteiger partial charge on any atom is 0.289 e. The van der Waals surface area contributed by atoms with Crippen LogP contribution in [0.2, 0.25) is 4.34 Å². The van der Waals surface area contributed by atoms with Crippen molar-refractivity contribution in [3.8, 4) is 16.9 Å². The summed E-state index contributed by atoms with van der Waals surface area (Å²) >= 11 is 7.21. The largest absolute Gasteiger partial charge is 0.463 e. The lowest BCUT2D eigenvalue weighted by Gasteiger charge is -2.15. The number of carbonyl (C=O) groups excluding carboxylic acids is 1. The molecule has 7 nitrogen and oxygen atoms in total. The second-order valence-corrected chi connectivity index (χ2v) is 9.14. The number of halogens is 1. The Morgan fingerprint density at radius 1 is 1.09 bits per heavy atom. The van der Waals surface area contributed by atoms with Crippen LogP contribution in [0.4, 0.5) is 5.69 Å². The molecule has 2 aromatic heterocycles. The molecule has 0 atom stereocenters. The SMILES string of the molecule is N=C1OCCN1c1ccc(-n2cc(CNC(=O)c3ccc(Cl)s3)c(-c3ccccc3)n2)cc1. The Labute approximate surface area is 199 Å². The van der Waals surface area contributed by atoms with Gasteiger partial charge in [-0.25, -0.2) is 4.68 Å². The van der Waals surface area contributed by atoms with E-state index in [2.05, 4.69) is 5.32 Å². The second-order valence-electron chi connectivity index (χ2n) is 7.42. The van der Waals surface area contributed by atoms with Crippen molar-refractivity contribution in [2.75, 3.05) is 18.1 Å². The molecule has 0 unspecified atom stereocenters. The van der Waals surface area contributed by atoms with E-state index < -0.39 is 0 Å². The molecule has 1 saturated heterocycles. The van der Waals surface area contributed by atoms with Gasteiger partial charge in [0, 0.05) is 29.6 Å². The fourth-order valence-corrected chi connectivity index (χ4v) is 4.61. The smallest absolute Gasteiger partial charge is 0.289 e. The highest BCUT2D eigenvalue weighted by Crippen LogP contribution is 2.26. The molecule has 0 saturated carbocycles. The maximum atomic E-state index is 12.5. The van der Waals surface area contributed by atoms with Crippen LogP contribution >= 0.6 is 22.9 Å². The van der Waals surface area contributed by atoms with Crippen LogP contribution < -0.4 is 10.2 Å². The van der Waals surface area contributed by atoms with Crippen molar-refractivity contribution in [3.05, 3.63) is 87.7 Å². The van der Waals surface area contributed by atoms with E-state index in [0.29, 0.717) is 28.9 Å². The summed E-state index contributed by atoms with van der Waals surface area (Å²) in [6.45, 7) is 1.52. The molecule has 166 valence electrons. The standard InChI is InChI=1S/C24H20ClN5O2S/c25-21-11-10-20(33-21)23(31)27-14-17-15-30(28-22(17)16-4-2-1-3-5-16)19-8-6-18(7-9-19)29-12-13-32-24(29)26/h1-11,15,26H,12-14H2,(H,27,31). The van der Waals surface area contributed by atoms with Gasteiger partial charge in [-0.2, -0.15) is 5.10 Å². The van der Waals surface area contributed by atoms with Gasteiger partial charge in [-0.3, -0.25) is 15.1 Å². The monoisotopic (exact) mass is 477 g/mol. The molecule has 4 aromatic rings. The van der Waals surface area contributed by atoms with E-state index >= 15 is 0 Å². The zero-order valence-electron chi connectivity index (χ0n) is 17.5. The van der Waals surface area contributed by atoms with Crippen LogP contribution in [0.3, 0.4) is 0 Å². The Kier molecular flexibility index (Phi) is 5.85. The van der Waals surface area contributed by atoms with Crippen molar-refractivity contribution in [1.82, 2.24) is 15.1 Å².